The van der Waals surface area contributed by atoms with Gasteiger partial charge in [0.15, 0.2) is 5.88 Å². The highest BCUT2D eigenvalue weighted by molar-refractivity contribution is 6.58. The van der Waals surface area contributed by atoms with E-state index in [4.69, 9.17) is 19.3 Å². The van der Waals surface area contributed by atoms with Gasteiger partial charge in [-0.3, -0.25) is 0 Å². The number of aliphatic imine (C=N–C) groups is 1. The van der Waals surface area contributed by atoms with E-state index in [1.165, 1.54) is 0 Å². The number of benzene rings is 2. The Bertz CT molecular complexity index is 1100. The van der Waals surface area contributed by atoms with Crippen LogP contribution < -0.4 is 4.74 Å². The molecule has 2 aliphatic rings. The number of fused-ring (bicyclic) bond motifs is 2. The molecule has 0 aliphatic carbocycles. The number of aromatic amines is 1. The zero-order chi connectivity index (χ0) is 18.4. The highest BCUT2D eigenvalue weighted by atomic mass is 16.7. The van der Waals surface area contributed by atoms with Crippen molar-refractivity contribution in [2.45, 2.75) is 6.10 Å². The molecule has 5 rings (SSSR count). The highest BCUT2D eigenvalue weighted by Gasteiger charge is 2.30. The zero-order valence-electron chi connectivity index (χ0n) is 14.6. The average Bonchev–Trinajstić information content (AvgIpc) is 3.35. The summed E-state index contributed by atoms with van der Waals surface area (Å²) in [5, 5.41) is 15.7. The molecule has 2 aromatic carbocycles. The molecular formula is C20H17N3O4. The van der Waals surface area contributed by atoms with Crippen LogP contribution in [0.3, 0.4) is 0 Å². The van der Waals surface area contributed by atoms with Crippen molar-refractivity contribution in [2.24, 2.45) is 10.1 Å². The van der Waals surface area contributed by atoms with Crippen LogP contribution in [0.4, 0.5) is 5.69 Å². The molecule has 1 aromatic heterocycles. The quantitative estimate of drug-likeness (QED) is 0.538. The Kier molecular flexibility index (Phi) is 3.61. The van der Waals surface area contributed by atoms with Crippen LogP contribution in [-0.2, 0) is 9.57 Å². The normalized spacial score (nSPS) is 19.2. The standard InChI is InChI=1S/C20H17N3O4/c1-25-11-6-7-13-16(8-11)22-20(24)17(13)19-18(23-27-10-12-9-26-12)14-4-2-3-5-15(14)21-19/h2-8,12,22,24H,9-10H2,1H3/b23-18+. The molecule has 0 saturated carbocycles. The van der Waals surface area contributed by atoms with Gasteiger partial charge in [0.25, 0.3) is 0 Å². The molecule has 1 unspecified atom stereocenters. The number of nitrogens with zero attached hydrogens (tertiary/aromatic N) is 2. The fourth-order valence-electron chi connectivity index (χ4n) is 3.22. The number of ether oxygens (including phenoxy) is 2. The fourth-order valence-corrected chi connectivity index (χ4v) is 3.22. The Morgan fingerprint density at radius 2 is 2.15 bits per heavy atom. The Balaban J connectivity index is 1.62. The second-order valence-corrected chi connectivity index (χ2v) is 6.43. The van der Waals surface area contributed by atoms with Crippen LogP contribution in [0.15, 0.2) is 52.6 Å². The Hall–Kier alpha value is -3.32. The second-order valence-electron chi connectivity index (χ2n) is 6.43. The van der Waals surface area contributed by atoms with Gasteiger partial charge in [-0.2, -0.15) is 0 Å². The molecular weight excluding hydrogens is 346 g/mol. The van der Waals surface area contributed by atoms with Crippen molar-refractivity contribution in [3.05, 3.63) is 53.6 Å². The van der Waals surface area contributed by atoms with Gasteiger partial charge in [0.2, 0.25) is 0 Å². The summed E-state index contributed by atoms with van der Waals surface area (Å²) in [7, 11) is 1.61. The molecule has 0 amide bonds. The summed E-state index contributed by atoms with van der Waals surface area (Å²) in [5.74, 6) is 0.733. The number of aromatic hydroxyl groups is 1. The van der Waals surface area contributed by atoms with Gasteiger partial charge in [0.05, 0.1) is 30.5 Å². The number of para-hydroxylation sites is 1. The Labute approximate surface area is 154 Å². The van der Waals surface area contributed by atoms with E-state index in [1.807, 2.05) is 42.5 Å². The monoisotopic (exact) mass is 363 g/mol. The number of methoxy groups -OCH3 is 1. The van der Waals surface area contributed by atoms with Gasteiger partial charge in [0.1, 0.15) is 29.9 Å². The molecule has 3 aromatic rings. The summed E-state index contributed by atoms with van der Waals surface area (Å²) in [6.45, 7) is 1.10. The molecule has 2 aliphatic heterocycles. The van der Waals surface area contributed by atoms with Crippen LogP contribution >= 0.6 is 0 Å². The van der Waals surface area contributed by atoms with Crippen LogP contribution in [0.2, 0.25) is 0 Å². The lowest BCUT2D eigenvalue weighted by Crippen LogP contribution is -2.14. The van der Waals surface area contributed by atoms with Crippen molar-refractivity contribution in [3.8, 4) is 11.6 Å². The predicted octanol–water partition coefficient (Wildman–Crippen LogP) is 3.14. The van der Waals surface area contributed by atoms with E-state index in [2.05, 4.69) is 10.1 Å². The van der Waals surface area contributed by atoms with Gasteiger partial charge in [-0.05, 0) is 18.2 Å². The van der Waals surface area contributed by atoms with Crippen molar-refractivity contribution in [1.82, 2.24) is 4.98 Å². The minimum Gasteiger partial charge on any atom is -0.497 e. The number of rotatable bonds is 5. The fraction of sp³-hybridized carbons (Fsp3) is 0.200. The minimum atomic E-state index is 0.0306. The first-order valence-electron chi connectivity index (χ1n) is 8.63. The van der Waals surface area contributed by atoms with E-state index in [1.54, 1.807) is 7.11 Å². The van der Waals surface area contributed by atoms with Gasteiger partial charge in [-0.15, -0.1) is 0 Å². The maximum atomic E-state index is 10.6. The molecule has 27 heavy (non-hydrogen) atoms. The third kappa shape index (κ3) is 2.72. The van der Waals surface area contributed by atoms with Gasteiger partial charge in [0, 0.05) is 17.0 Å². The zero-order valence-corrected chi connectivity index (χ0v) is 14.6. The molecule has 0 spiro atoms. The summed E-state index contributed by atoms with van der Waals surface area (Å²) < 4.78 is 10.4. The number of hydrogen-bond donors (Lipinski definition) is 2. The van der Waals surface area contributed by atoms with E-state index in [9.17, 15) is 5.11 Å². The lowest BCUT2D eigenvalue weighted by Gasteiger charge is -2.05. The predicted molar refractivity (Wildman–Crippen MR) is 101 cm³/mol. The Morgan fingerprint density at radius 1 is 1.30 bits per heavy atom. The number of oxime groups is 1. The van der Waals surface area contributed by atoms with Gasteiger partial charge < -0.3 is 24.4 Å². The summed E-state index contributed by atoms with van der Waals surface area (Å²) in [5.41, 5.74) is 4.17. The first-order chi connectivity index (χ1) is 13.2. The Morgan fingerprint density at radius 3 is 2.96 bits per heavy atom. The summed E-state index contributed by atoms with van der Waals surface area (Å²) >= 11 is 0. The third-order valence-electron chi connectivity index (χ3n) is 4.66. The lowest BCUT2D eigenvalue weighted by molar-refractivity contribution is 0.125. The molecule has 1 fully saturated rings. The van der Waals surface area contributed by atoms with Crippen molar-refractivity contribution in [1.29, 1.82) is 0 Å². The van der Waals surface area contributed by atoms with Crippen molar-refractivity contribution in [3.63, 3.8) is 0 Å². The van der Waals surface area contributed by atoms with Crippen LogP contribution in [-0.4, -0.2) is 47.9 Å². The molecule has 2 N–H and O–H groups in total. The van der Waals surface area contributed by atoms with E-state index in [0.717, 1.165) is 22.2 Å². The number of epoxide rings is 1. The minimum absolute atomic E-state index is 0.0306. The molecule has 136 valence electrons. The number of aromatic nitrogens is 1. The largest absolute Gasteiger partial charge is 0.497 e. The number of hydrogen-bond acceptors (Lipinski definition) is 6. The van der Waals surface area contributed by atoms with Crippen molar-refractivity contribution >= 4 is 28.0 Å². The maximum Gasteiger partial charge on any atom is 0.199 e. The number of nitrogens with one attached hydrogen (secondary N) is 1. The van der Waals surface area contributed by atoms with Crippen LogP contribution in [0.25, 0.3) is 10.9 Å². The van der Waals surface area contributed by atoms with E-state index in [-0.39, 0.29) is 12.0 Å². The molecule has 7 nitrogen and oxygen atoms in total. The summed E-state index contributed by atoms with van der Waals surface area (Å²) in [4.78, 5) is 13.2. The topological polar surface area (TPSA) is 91.7 Å². The molecule has 1 saturated heterocycles. The van der Waals surface area contributed by atoms with E-state index in [0.29, 0.717) is 36.0 Å². The summed E-state index contributed by atoms with van der Waals surface area (Å²) in [6.07, 6.45) is 0.111. The first-order valence-corrected chi connectivity index (χ1v) is 8.63. The SMILES string of the molecule is COc1ccc2c(C3=Nc4ccccc4/C3=N\OCC3CO3)c(O)[nH]c2c1. The average molecular weight is 363 g/mol. The molecule has 3 heterocycles. The van der Waals surface area contributed by atoms with Crippen LogP contribution in [0.5, 0.6) is 11.6 Å². The van der Waals surface area contributed by atoms with Crippen LogP contribution in [0.1, 0.15) is 11.1 Å². The first kappa shape index (κ1) is 15.9. The molecule has 1 atom stereocenters. The van der Waals surface area contributed by atoms with Gasteiger partial charge >= 0.3 is 0 Å². The maximum absolute atomic E-state index is 10.6. The van der Waals surface area contributed by atoms with E-state index >= 15 is 0 Å². The highest BCUT2D eigenvalue weighted by Crippen LogP contribution is 2.36. The molecule has 0 radical (unpaired) electrons. The van der Waals surface area contributed by atoms with Crippen molar-refractivity contribution < 1.29 is 19.4 Å². The van der Waals surface area contributed by atoms with Crippen LogP contribution in [0, 0.1) is 0 Å². The molecule has 0 bridgehead atoms. The molecule has 7 heteroatoms. The third-order valence-corrected chi connectivity index (χ3v) is 4.66. The summed E-state index contributed by atoms with van der Waals surface area (Å²) in [6, 6.07) is 13.3. The van der Waals surface area contributed by atoms with Gasteiger partial charge in [-0.1, -0.05) is 23.4 Å². The smallest absolute Gasteiger partial charge is 0.199 e. The lowest BCUT2D eigenvalue weighted by atomic mass is 10.0. The van der Waals surface area contributed by atoms with E-state index < -0.39 is 0 Å². The van der Waals surface area contributed by atoms with Crippen molar-refractivity contribution in [2.75, 3.05) is 20.3 Å². The van der Waals surface area contributed by atoms with Gasteiger partial charge in [-0.25, -0.2) is 4.99 Å². The number of H-pyrrole nitrogens is 1. The second kappa shape index (κ2) is 6.14.